The molecule has 6 atom stereocenters. The third-order valence-corrected chi connectivity index (χ3v) is 7.79. The lowest BCUT2D eigenvalue weighted by molar-refractivity contribution is -0.182. The smallest absolute Gasteiger partial charge is 0.313 e. The molecule has 0 unspecified atom stereocenters. The van der Waals surface area contributed by atoms with E-state index in [1.807, 2.05) is 18.2 Å². The van der Waals surface area contributed by atoms with Crippen molar-refractivity contribution in [2.45, 2.75) is 39.2 Å². The molecule has 2 aliphatic rings. The van der Waals surface area contributed by atoms with Crippen molar-refractivity contribution in [2.75, 3.05) is 0 Å². The minimum atomic E-state index is -3.20. The van der Waals surface area contributed by atoms with Gasteiger partial charge in [-0.25, -0.2) is 8.78 Å². The number of aromatic nitrogens is 1. The number of carbonyl (C=O) groups excluding carboxylic acids is 2. The molecule has 0 bridgehead atoms. The van der Waals surface area contributed by atoms with Gasteiger partial charge in [0.2, 0.25) is 5.91 Å². The molecule has 1 aliphatic carbocycles. The second-order valence-corrected chi connectivity index (χ2v) is 9.59. The van der Waals surface area contributed by atoms with E-state index in [0.29, 0.717) is 11.3 Å². The second kappa shape index (κ2) is 8.88. The van der Waals surface area contributed by atoms with E-state index in [4.69, 9.17) is 10.5 Å². The molecule has 182 valence electrons. The molecule has 35 heavy (non-hydrogen) atoms. The van der Waals surface area contributed by atoms with Crippen LogP contribution >= 0.6 is 0 Å². The van der Waals surface area contributed by atoms with Gasteiger partial charge in [-0.15, -0.1) is 0 Å². The predicted octanol–water partition coefficient (Wildman–Crippen LogP) is 4.59. The normalized spacial score (nSPS) is 30.3. The molecule has 2 aromatic rings. The van der Waals surface area contributed by atoms with Crippen molar-refractivity contribution in [2.24, 2.45) is 34.8 Å². The number of nitrogens with two attached hydrogens (primary N) is 1. The zero-order valence-corrected chi connectivity index (χ0v) is 19.7. The average Bonchev–Trinajstić information content (AvgIpc) is 3.08. The number of amides is 1. The van der Waals surface area contributed by atoms with E-state index in [1.54, 1.807) is 43.5 Å². The summed E-state index contributed by atoms with van der Waals surface area (Å²) in [5.74, 6) is -8.36. The maximum atomic E-state index is 15.3. The van der Waals surface area contributed by atoms with Crippen molar-refractivity contribution in [1.82, 2.24) is 4.98 Å². The summed E-state index contributed by atoms with van der Waals surface area (Å²) in [7, 11) is 0. The number of pyridine rings is 1. The van der Waals surface area contributed by atoms with Crippen molar-refractivity contribution < 1.29 is 23.1 Å². The summed E-state index contributed by atoms with van der Waals surface area (Å²) in [6.45, 7) is 4.56. The van der Waals surface area contributed by atoms with Crippen molar-refractivity contribution in [3.8, 4) is 17.2 Å². The SMILES string of the molecule is C[C@H](C(N)=O)[C@@]12CC(F)(F)[C@@H](C)[C@H](/C=C/c3ccc(-c4ccccc4C#N)cn3)[C@@H]1[C@@H](C)OC2=O. The van der Waals surface area contributed by atoms with Crippen molar-refractivity contribution in [3.05, 3.63) is 59.9 Å². The van der Waals surface area contributed by atoms with Crippen LogP contribution in [0.5, 0.6) is 0 Å². The average molecular weight is 480 g/mol. The summed E-state index contributed by atoms with van der Waals surface area (Å²) in [6, 6.07) is 12.9. The summed E-state index contributed by atoms with van der Waals surface area (Å²) in [4.78, 5) is 29.4. The topological polar surface area (TPSA) is 106 Å². The number of fused-ring (bicyclic) bond motifs is 1. The van der Waals surface area contributed by atoms with Crippen LogP contribution in [0, 0.1) is 40.4 Å². The number of rotatable bonds is 5. The van der Waals surface area contributed by atoms with Crippen LogP contribution in [0.2, 0.25) is 0 Å². The number of primary amides is 1. The highest BCUT2D eigenvalue weighted by atomic mass is 19.3. The van der Waals surface area contributed by atoms with Gasteiger partial charge in [-0.1, -0.05) is 44.2 Å². The number of hydrogen-bond donors (Lipinski definition) is 1. The molecule has 0 radical (unpaired) electrons. The highest BCUT2D eigenvalue weighted by Gasteiger charge is 2.70. The Kier molecular flexibility index (Phi) is 6.22. The minimum absolute atomic E-state index is 0.524. The van der Waals surface area contributed by atoms with Crippen LogP contribution in [-0.2, 0) is 14.3 Å². The Morgan fingerprint density at radius 2 is 2.00 bits per heavy atom. The number of allylic oxidation sites excluding steroid dienone is 1. The summed E-state index contributed by atoms with van der Waals surface area (Å²) in [5.41, 5.74) is 6.39. The van der Waals surface area contributed by atoms with Crippen molar-refractivity contribution in [1.29, 1.82) is 5.26 Å². The maximum absolute atomic E-state index is 15.3. The summed E-state index contributed by atoms with van der Waals surface area (Å²) >= 11 is 0. The van der Waals surface area contributed by atoms with Crippen LogP contribution in [0.4, 0.5) is 8.78 Å². The minimum Gasteiger partial charge on any atom is -0.462 e. The zero-order valence-electron chi connectivity index (χ0n) is 19.7. The molecule has 1 aromatic carbocycles. The van der Waals surface area contributed by atoms with Gasteiger partial charge in [-0.2, -0.15) is 5.26 Å². The number of alkyl halides is 2. The largest absolute Gasteiger partial charge is 0.462 e. The molecule has 8 heteroatoms. The molecule has 1 saturated heterocycles. The molecule has 0 spiro atoms. The lowest BCUT2D eigenvalue weighted by atomic mass is 9.52. The van der Waals surface area contributed by atoms with E-state index in [2.05, 4.69) is 11.1 Å². The molecule has 1 saturated carbocycles. The molecule has 2 N–H and O–H groups in total. The van der Waals surface area contributed by atoms with Crippen LogP contribution in [0.15, 0.2) is 48.7 Å². The van der Waals surface area contributed by atoms with Crippen LogP contribution in [0.3, 0.4) is 0 Å². The van der Waals surface area contributed by atoms with Gasteiger partial charge in [0.1, 0.15) is 6.10 Å². The van der Waals surface area contributed by atoms with E-state index in [0.717, 1.165) is 11.1 Å². The Hall–Kier alpha value is -3.60. The van der Waals surface area contributed by atoms with Crippen molar-refractivity contribution in [3.63, 3.8) is 0 Å². The van der Waals surface area contributed by atoms with E-state index in [-0.39, 0.29) is 0 Å². The van der Waals surface area contributed by atoms with Gasteiger partial charge >= 0.3 is 5.97 Å². The zero-order chi connectivity index (χ0) is 25.5. The number of carbonyl (C=O) groups is 2. The van der Waals surface area contributed by atoms with Gasteiger partial charge in [-0.05, 0) is 31.1 Å². The molecular weight excluding hydrogens is 452 g/mol. The summed E-state index contributed by atoms with van der Waals surface area (Å²) in [5, 5.41) is 9.33. The van der Waals surface area contributed by atoms with E-state index in [1.165, 1.54) is 13.8 Å². The Labute approximate surface area is 202 Å². The molecule has 2 fully saturated rings. The second-order valence-electron chi connectivity index (χ2n) is 9.59. The Balaban J connectivity index is 1.69. The van der Waals surface area contributed by atoms with Crippen LogP contribution in [0.1, 0.15) is 38.4 Å². The highest BCUT2D eigenvalue weighted by molar-refractivity contribution is 5.89. The first-order valence-electron chi connectivity index (χ1n) is 11.5. The van der Waals surface area contributed by atoms with Gasteiger partial charge in [0.05, 0.1) is 28.7 Å². The van der Waals surface area contributed by atoms with Crippen LogP contribution < -0.4 is 5.73 Å². The Morgan fingerprint density at radius 1 is 1.29 bits per heavy atom. The highest BCUT2D eigenvalue weighted by Crippen LogP contribution is 2.62. The number of halogens is 2. The van der Waals surface area contributed by atoms with E-state index < -0.39 is 59.4 Å². The van der Waals surface area contributed by atoms with Gasteiger partial charge in [0.25, 0.3) is 5.92 Å². The standard InChI is InChI=1S/C27H27F2N3O3/c1-15-21(11-10-20-9-8-19(13-32-20)22-7-5-4-6-18(22)12-30)23-17(3)35-25(34)26(23,14-27(15,28)29)16(2)24(31)33/h4-11,13,15-17,21,23H,14H2,1-3H3,(H2,31,33)/b11-10+/t15-,16+,17+,21-,23-,26-/m0/s1. The van der Waals surface area contributed by atoms with Gasteiger partial charge in [0, 0.05) is 35.6 Å². The first kappa shape index (κ1) is 24.5. The number of hydrogen-bond acceptors (Lipinski definition) is 5. The lowest BCUT2D eigenvalue weighted by Crippen LogP contribution is -2.58. The molecule has 1 aliphatic heterocycles. The predicted molar refractivity (Wildman–Crippen MR) is 125 cm³/mol. The number of esters is 1. The number of ether oxygens (including phenoxy) is 1. The third kappa shape index (κ3) is 3.99. The number of nitriles is 1. The number of benzene rings is 1. The quantitative estimate of drug-likeness (QED) is 0.631. The van der Waals surface area contributed by atoms with Crippen molar-refractivity contribution >= 4 is 18.0 Å². The Bertz CT molecular complexity index is 1220. The fourth-order valence-corrected chi connectivity index (χ4v) is 5.76. The Morgan fingerprint density at radius 3 is 2.63 bits per heavy atom. The molecular formula is C27H27F2N3O3. The summed E-state index contributed by atoms with van der Waals surface area (Å²) in [6.07, 6.45) is 3.51. The number of cyclic esters (lactones) is 1. The molecule has 1 aromatic heterocycles. The molecule has 2 heterocycles. The fourth-order valence-electron chi connectivity index (χ4n) is 5.76. The van der Waals surface area contributed by atoms with E-state index in [9.17, 15) is 14.9 Å². The van der Waals surface area contributed by atoms with Crippen LogP contribution in [0.25, 0.3) is 17.2 Å². The summed E-state index contributed by atoms with van der Waals surface area (Å²) < 4.78 is 36.0. The van der Waals surface area contributed by atoms with E-state index >= 15 is 8.78 Å². The fraction of sp³-hybridized carbons (Fsp3) is 0.407. The van der Waals surface area contributed by atoms with Gasteiger partial charge in [-0.3, -0.25) is 14.6 Å². The lowest BCUT2D eigenvalue weighted by Gasteiger charge is -2.49. The molecule has 4 rings (SSSR count). The third-order valence-electron chi connectivity index (χ3n) is 7.79. The monoisotopic (exact) mass is 479 g/mol. The van der Waals surface area contributed by atoms with Gasteiger partial charge < -0.3 is 10.5 Å². The molecule has 1 amide bonds. The number of nitrogens with zero attached hydrogens (tertiary/aromatic N) is 2. The van der Waals surface area contributed by atoms with Crippen LogP contribution in [-0.4, -0.2) is 28.9 Å². The first-order valence-corrected chi connectivity index (χ1v) is 11.5. The van der Waals surface area contributed by atoms with Gasteiger partial charge in [0.15, 0.2) is 0 Å². The maximum Gasteiger partial charge on any atom is 0.313 e. The molecule has 6 nitrogen and oxygen atoms in total. The first-order chi connectivity index (χ1) is 16.5.